The summed E-state index contributed by atoms with van der Waals surface area (Å²) in [6.07, 6.45) is 3.28. The van der Waals surface area contributed by atoms with Gasteiger partial charge in [-0.25, -0.2) is 0 Å². The van der Waals surface area contributed by atoms with Crippen molar-refractivity contribution in [2.75, 3.05) is 19.7 Å². The zero-order chi connectivity index (χ0) is 14.4. The van der Waals surface area contributed by atoms with Crippen molar-refractivity contribution >= 4 is 5.91 Å². The number of carbonyl (C=O) groups excluding carboxylic acids is 1. The van der Waals surface area contributed by atoms with Crippen LogP contribution in [0.2, 0.25) is 0 Å². The number of ether oxygens (including phenoxy) is 1. The van der Waals surface area contributed by atoms with Gasteiger partial charge in [-0.2, -0.15) is 0 Å². The Kier molecular flexibility index (Phi) is 3.07. The first-order chi connectivity index (χ1) is 10.2. The van der Waals surface area contributed by atoms with E-state index in [4.69, 9.17) is 4.74 Å². The van der Waals surface area contributed by atoms with Crippen molar-refractivity contribution < 1.29 is 9.53 Å². The summed E-state index contributed by atoms with van der Waals surface area (Å²) in [5, 5.41) is 0. The van der Waals surface area contributed by atoms with E-state index in [2.05, 4.69) is 36.1 Å². The normalized spacial score (nSPS) is 38.1. The monoisotopic (exact) mass is 285 g/mol. The van der Waals surface area contributed by atoms with Crippen LogP contribution < -0.4 is 0 Å². The SMILES string of the molecule is C[C@@H]1C[C@]2(C(=O)N3CCOC(c4ccccc4)CC3)C[C@H]12. The summed E-state index contributed by atoms with van der Waals surface area (Å²) < 4.78 is 5.97. The largest absolute Gasteiger partial charge is 0.372 e. The number of amides is 1. The molecule has 0 N–H and O–H groups in total. The Morgan fingerprint density at radius 3 is 2.71 bits per heavy atom. The quantitative estimate of drug-likeness (QED) is 0.836. The van der Waals surface area contributed by atoms with Crippen LogP contribution in [0.15, 0.2) is 30.3 Å². The van der Waals surface area contributed by atoms with Gasteiger partial charge >= 0.3 is 0 Å². The molecule has 1 saturated heterocycles. The molecular formula is C18H23NO2. The lowest BCUT2D eigenvalue weighted by Crippen LogP contribution is -2.44. The maximum atomic E-state index is 12.8. The third-order valence-electron chi connectivity index (χ3n) is 5.73. The molecule has 1 aliphatic heterocycles. The molecular weight excluding hydrogens is 262 g/mol. The molecule has 2 aliphatic carbocycles. The van der Waals surface area contributed by atoms with Crippen molar-refractivity contribution in [2.45, 2.75) is 32.3 Å². The van der Waals surface area contributed by atoms with Crippen LogP contribution in [0.25, 0.3) is 0 Å². The minimum absolute atomic E-state index is 0.0476. The second-order valence-electron chi connectivity index (χ2n) is 7.00. The Labute approximate surface area is 126 Å². The maximum absolute atomic E-state index is 12.8. The van der Waals surface area contributed by atoms with E-state index >= 15 is 0 Å². The molecule has 1 heterocycles. The molecule has 0 radical (unpaired) electrons. The fourth-order valence-electron chi connectivity index (χ4n) is 4.43. The van der Waals surface area contributed by atoms with E-state index in [1.54, 1.807) is 0 Å². The molecule has 3 fully saturated rings. The molecule has 4 atom stereocenters. The van der Waals surface area contributed by atoms with Crippen molar-refractivity contribution in [2.24, 2.45) is 17.3 Å². The van der Waals surface area contributed by atoms with Crippen LogP contribution >= 0.6 is 0 Å². The van der Waals surface area contributed by atoms with Gasteiger partial charge in [-0.3, -0.25) is 4.79 Å². The summed E-state index contributed by atoms with van der Waals surface area (Å²) in [7, 11) is 0. The molecule has 2 saturated carbocycles. The second kappa shape index (κ2) is 4.84. The minimum Gasteiger partial charge on any atom is -0.372 e. The Morgan fingerprint density at radius 1 is 1.24 bits per heavy atom. The first-order valence-corrected chi connectivity index (χ1v) is 8.17. The highest BCUT2D eigenvalue weighted by Crippen LogP contribution is 2.71. The van der Waals surface area contributed by atoms with E-state index in [1.165, 1.54) is 5.56 Å². The van der Waals surface area contributed by atoms with Gasteiger partial charge in [-0.15, -0.1) is 0 Å². The van der Waals surface area contributed by atoms with E-state index in [0.29, 0.717) is 18.4 Å². The van der Waals surface area contributed by atoms with Crippen LogP contribution in [0, 0.1) is 17.3 Å². The fourth-order valence-corrected chi connectivity index (χ4v) is 4.43. The molecule has 3 aliphatic rings. The van der Waals surface area contributed by atoms with Gasteiger partial charge in [-0.1, -0.05) is 37.3 Å². The summed E-state index contributed by atoms with van der Waals surface area (Å²) in [5.74, 6) is 1.84. The third kappa shape index (κ3) is 2.10. The minimum atomic E-state index is 0.0476. The summed E-state index contributed by atoms with van der Waals surface area (Å²) in [5.41, 5.74) is 1.28. The van der Waals surface area contributed by atoms with Crippen molar-refractivity contribution in [1.82, 2.24) is 4.90 Å². The average molecular weight is 285 g/mol. The Morgan fingerprint density at radius 2 is 2.05 bits per heavy atom. The molecule has 0 aromatic heterocycles. The number of nitrogens with zero attached hydrogens (tertiary/aromatic N) is 1. The number of carbonyl (C=O) groups is 1. The van der Waals surface area contributed by atoms with Crippen LogP contribution in [-0.2, 0) is 9.53 Å². The van der Waals surface area contributed by atoms with Crippen LogP contribution in [0.1, 0.15) is 37.9 Å². The van der Waals surface area contributed by atoms with Crippen molar-refractivity contribution in [3.63, 3.8) is 0 Å². The Balaban J connectivity index is 1.41. The number of fused-ring (bicyclic) bond motifs is 1. The summed E-state index contributed by atoms with van der Waals surface area (Å²) in [4.78, 5) is 14.8. The van der Waals surface area contributed by atoms with E-state index in [-0.39, 0.29) is 11.5 Å². The van der Waals surface area contributed by atoms with Gasteiger partial charge < -0.3 is 9.64 Å². The highest BCUT2D eigenvalue weighted by atomic mass is 16.5. The third-order valence-corrected chi connectivity index (χ3v) is 5.73. The van der Waals surface area contributed by atoms with Gasteiger partial charge in [0.1, 0.15) is 0 Å². The molecule has 21 heavy (non-hydrogen) atoms. The molecule has 1 aromatic rings. The summed E-state index contributed by atoms with van der Waals surface area (Å²) in [6.45, 7) is 4.52. The predicted molar refractivity (Wildman–Crippen MR) is 80.7 cm³/mol. The Bertz CT molecular complexity index is 543. The second-order valence-corrected chi connectivity index (χ2v) is 7.00. The smallest absolute Gasteiger partial charge is 0.229 e. The molecule has 0 spiro atoms. The lowest BCUT2D eigenvalue weighted by atomic mass is 9.75. The first-order valence-electron chi connectivity index (χ1n) is 8.17. The molecule has 1 aromatic carbocycles. The van der Waals surface area contributed by atoms with Crippen molar-refractivity contribution in [1.29, 1.82) is 0 Å². The molecule has 3 nitrogen and oxygen atoms in total. The topological polar surface area (TPSA) is 29.5 Å². The molecule has 3 heteroatoms. The predicted octanol–water partition coefficient (Wildman–Crippen LogP) is 3.02. The lowest BCUT2D eigenvalue weighted by Gasteiger charge is -2.35. The maximum Gasteiger partial charge on any atom is 0.229 e. The van der Waals surface area contributed by atoms with Crippen LogP contribution in [0.4, 0.5) is 0 Å². The van der Waals surface area contributed by atoms with Gasteiger partial charge in [0, 0.05) is 13.1 Å². The van der Waals surface area contributed by atoms with E-state index < -0.39 is 0 Å². The number of rotatable bonds is 2. The van der Waals surface area contributed by atoms with Gasteiger partial charge in [0.05, 0.1) is 18.1 Å². The highest BCUT2D eigenvalue weighted by Gasteiger charge is 2.70. The number of hydrogen-bond acceptors (Lipinski definition) is 2. The van der Waals surface area contributed by atoms with Crippen LogP contribution in [0.5, 0.6) is 0 Å². The van der Waals surface area contributed by atoms with Crippen molar-refractivity contribution in [3.05, 3.63) is 35.9 Å². The first kappa shape index (κ1) is 13.3. The van der Waals surface area contributed by atoms with E-state index in [0.717, 1.165) is 38.3 Å². The van der Waals surface area contributed by atoms with Crippen molar-refractivity contribution in [3.8, 4) is 0 Å². The van der Waals surface area contributed by atoms with Gasteiger partial charge in [0.15, 0.2) is 0 Å². The summed E-state index contributed by atoms with van der Waals surface area (Å²) >= 11 is 0. The fraction of sp³-hybridized carbons (Fsp3) is 0.611. The zero-order valence-electron chi connectivity index (χ0n) is 12.6. The zero-order valence-corrected chi connectivity index (χ0v) is 12.6. The Hall–Kier alpha value is -1.35. The number of benzene rings is 1. The number of hydrogen-bond donors (Lipinski definition) is 0. The highest BCUT2D eigenvalue weighted by molar-refractivity contribution is 5.87. The average Bonchev–Trinajstić information content (AvgIpc) is 3.21. The van der Waals surface area contributed by atoms with Gasteiger partial charge in [-0.05, 0) is 36.7 Å². The van der Waals surface area contributed by atoms with Gasteiger partial charge in [0.2, 0.25) is 5.91 Å². The molecule has 1 unspecified atom stereocenters. The van der Waals surface area contributed by atoms with E-state index in [1.807, 2.05) is 6.07 Å². The molecule has 112 valence electrons. The van der Waals surface area contributed by atoms with E-state index in [9.17, 15) is 4.79 Å². The molecule has 4 rings (SSSR count). The van der Waals surface area contributed by atoms with Crippen LogP contribution in [0.3, 0.4) is 0 Å². The van der Waals surface area contributed by atoms with Gasteiger partial charge in [0.25, 0.3) is 0 Å². The molecule has 1 amide bonds. The molecule has 0 bridgehead atoms. The summed E-state index contributed by atoms with van der Waals surface area (Å²) in [6, 6.07) is 10.4. The standard InChI is InChI=1S/C18H23NO2/c1-13-11-18(12-15(13)18)17(20)19-8-7-16(21-10-9-19)14-5-3-2-4-6-14/h2-6,13,15-16H,7-12H2,1H3/t13-,15-,16?,18+/m1/s1. The van der Waals surface area contributed by atoms with Crippen LogP contribution in [-0.4, -0.2) is 30.5 Å². The lowest BCUT2D eigenvalue weighted by molar-refractivity contribution is -0.141.